The van der Waals surface area contributed by atoms with Gasteiger partial charge in [-0.1, -0.05) is 13.3 Å². The van der Waals surface area contributed by atoms with Gasteiger partial charge in [-0.25, -0.2) is 19.6 Å². The standard InChI is InChI=1S/C18H19N5OS3/c1-4-5-8-27(24)18-11(2)14-12(15-20-10-21-23(15)3)9-13(22-17(14)26-18)16-19-6-7-25-16/h6-7,9-10H,4-5,8H2,1-3H3. The summed E-state index contributed by atoms with van der Waals surface area (Å²) < 4.78 is 15.5. The molecule has 0 aliphatic carbocycles. The Hall–Kier alpha value is -1.97. The molecule has 27 heavy (non-hydrogen) atoms. The molecule has 0 radical (unpaired) electrons. The number of hydrogen-bond acceptors (Lipinski definition) is 7. The van der Waals surface area contributed by atoms with E-state index in [0.29, 0.717) is 5.75 Å². The molecule has 4 aromatic heterocycles. The monoisotopic (exact) mass is 417 g/mol. The van der Waals surface area contributed by atoms with E-state index in [0.717, 1.165) is 54.9 Å². The zero-order chi connectivity index (χ0) is 19.0. The van der Waals surface area contributed by atoms with Crippen molar-refractivity contribution in [2.24, 2.45) is 7.05 Å². The highest BCUT2D eigenvalue weighted by Crippen LogP contribution is 2.40. The molecule has 0 spiro atoms. The van der Waals surface area contributed by atoms with Crippen molar-refractivity contribution in [2.75, 3.05) is 5.75 Å². The van der Waals surface area contributed by atoms with E-state index < -0.39 is 10.8 Å². The molecule has 0 bridgehead atoms. The van der Waals surface area contributed by atoms with E-state index in [1.54, 1.807) is 28.5 Å². The Morgan fingerprint density at radius 1 is 1.30 bits per heavy atom. The van der Waals surface area contributed by atoms with E-state index in [1.165, 1.54) is 11.3 Å². The Bertz CT molecular complexity index is 1110. The van der Waals surface area contributed by atoms with Gasteiger partial charge in [-0.15, -0.1) is 22.7 Å². The average molecular weight is 418 g/mol. The van der Waals surface area contributed by atoms with Gasteiger partial charge in [-0.05, 0) is 25.0 Å². The van der Waals surface area contributed by atoms with E-state index in [4.69, 9.17) is 4.98 Å². The lowest BCUT2D eigenvalue weighted by Crippen LogP contribution is -1.98. The van der Waals surface area contributed by atoms with E-state index >= 15 is 0 Å². The third kappa shape index (κ3) is 3.35. The minimum atomic E-state index is -1.01. The maximum atomic E-state index is 12.8. The third-order valence-electron chi connectivity index (χ3n) is 4.35. The van der Waals surface area contributed by atoms with Crippen LogP contribution in [0.3, 0.4) is 0 Å². The fraction of sp³-hybridized carbons (Fsp3) is 0.333. The molecule has 0 aromatic carbocycles. The van der Waals surface area contributed by atoms with E-state index in [-0.39, 0.29) is 0 Å². The first-order chi connectivity index (χ1) is 13.1. The molecule has 0 N–H and O–H groups in total. The molecule has 0 saturated carbocycles. The molecule has 1 atom stereocenters. The van der Waals surface area contributed by atoms with Gasteiger partial charge in [0, 0.05) is 35.3 Å². The molecule has 0 saturated heterocycles. The molecule has 0 fully saturated rings. The highest BCUT2D eigenvalue weighted by Gasteiger charge is 2.22. The molecule has 9 heteroatoms. The Morgan fingerprint density at radius 3 is 2.81 bits per heavy atom. The number of aryl methyl sites for hydroxylation is 2. The largest absolute Gasteiger partial charge is 0.254 e. The molecule has 6 nitrogen and oxygen atoms in total. The van der Waals surface area contributed by atoms with Crippen molar-refractivity contribution in [3.63, 3.8) is 0 Å². The molecule has 0 aliphatic rings. The lowest BCUT2D eigenvalue weighted by atomic mass is 10.1. The van der Waals surface area contributed by atoms with E-state index in [2.05, 4.69) is 22.0 Å². The number of hydrogen-bond donors (Lipinski definition) is 0. The number of unbranched alkanes of at least 4 members (excludes halogenated alkanes) is 1. The summed E-state index contributed by atoms with van der Waals surface area (Å²) in [6.45, 7) is 4.14. The molecule has 4 heterocycles. The number of nitrogens with zero attached hydrogens (tertiary/aromatic N) is 5. The lowest BCUT2D eigenvalue weighted by molar-refractivity contribution is 0.680. The van der Waals surface area contributed by atoms with Gasteiger partial charge in [0.15, 0.2) is 5.82 Å². The maximum absolute atomic E-state index is 12.8. The van der Waals surface area contributed by atoms with Crippen molar-refractivity contribution < 1.29 is 4.21 Å². The number of rotatable bonds is 6. The second-order valence-electron chi connectivity index (χ2n) is 6.20. The summed E-state index contributed by atoms with van der Waals surface area (Å²) in [5.41, 5.74) is 2.79. The predicted molar refractivity (Wildman–Crippen MR) is 112 cm³/mol. The second kappa shape index (κ2) is 7.57. The summed E-state index contributed by atoms with van der Waals surface area (Å²) in [7, 11) is 0.866. The number of aromatic nitrogens is 5. The Balaban J connectivity index is 1.96. The first kappa shape index (κ1) is 18.4. The lowest BCUT2D eigenvalue weighted by Gasteiger charge is -2.06. The summed E-state index contributed by atoms with van der Waals surface area (Å²) in [6.07, 6.45) is 5.31. The number of thiophene rings is 1. The number of thiazole rings is 1. The van der Waals surface area contributed by atoms with Crippen molar-refractivity contribution in [3.8, 4) is 22.1 Å². The van der Waals surface area contributed by atoms with Crippen molar-refractivity contribution in [2.45, 2.75) is 30.9 Å². The quantitative estimate of drug-likeness (QED) is 0.464. The van der Waals surface area contributed by atoms with Gasteiger partial charge in [0.1, 0.15) is 21.9 Å². The molecule has 4 rings (SSSR count). The number of pyridine rings is 1. The van der Waals surface area contributed by atoms with Gasteiger partial charge < -0.3 is 0 Å². The van der Waals surface area contributed by atoms with Crippen LogP contribution in [0.2, 0.25) is 0 Å². The molecule has 140 valence electrons. The Labute approximate surface area is 167 Å². The zero-order valence-corrected chi connectivity index (χ0v) is 17.7. The molecular formula is C18H19N5OS3. The topological polar surface area (TPSA) is 73.6 Å². The van der Waals surface area contributed by atoms with Gasteiger partial charge in [-0.3, -0.25) is 4.21 Å². The van der Waals surface area contributed by atoms with Gasteiger partial charge in [0.05, 0.1) is 15.0 Å². The highest BCUT2D eigenvalue weighted by atomic mass is 32.2. The van der Waals surface area contributed by atoms with Crippen LogP contribution >= 0.6 is 22.7 Å². The zero-order valence-electron chi connectivity index (χ0n) is 15.3. The highest BCUT2D eigenvalue weighted by molar-refractivity contribution is 7.87. The molecule has 4 aromatic rings. The van der Waals surface area contributed by atoms with Gasteiger partial charge in [0.2, 0.25) is 0 Å². The SMILES string of the molecule is CCCCS(=O)c1sc2nc(-c3nccs3)cc(-c3ncnn3C)c2c1C. The predicted octanol–water partition coefficient (Wildman–Crippen LogP) is 4.43. The third-order valence-corrected chi connectivity index (χ3v) is 8.31. The second-order valence-corrected chi connectivity index (χ2v) is 9.86. The first-order valence-corrected chi connectivity index (χ1v) is 11.7. The molecule has 0 amide bonds. The molecule has 1 unspecified atom stereocenters. The molecular weight excluding hydrogens is 398 g/mol. The van der Waals surface area contributed by atoms with Gasteiger partial charge >= 0.3 is 0 Å². The van der Waals surface area contributed by atoms with Crippen molar-refractivity contribution in [3.05, 3.63) is 29.5 Å². The van der Waals surface area contributed by atoms with Gasteiger partial charge in [0.25, 0.3) is 0 Å². The Morgan fingerprint density at radius 2 is 2.15 bits per heavy atom. The van der Waals surface area contributed by atoms with Crippen LogP contribution in [-0.2, 0) is 17.8 Å². The summed E-state index contributed by atoms with van der Waals surface area (Å²) in [5, 5.41) is 8.03. The Kier molecular flexibility index (Phi) is 5.16. The fourth-order valence-electron chi connectivity index (χ4n) is 2.99. The van der Waals surface area contributed by atoms with Gasteiger partial charge in [-0.2, -0.15) is 5.10 Å². The van der Waals surface area contributed by atoms with Crippen LogP contribution in [-0.4, -0.2) is 34.7 Å². The van der Waals surface area contributed by atoms with E-state index in [9.17, 15) is 4.21 Å². The summed E-state index contributed by atoms with van der Waals surface area (Å²) in [6, 6.07) is 2.02. The molecule has 0 aliphatic heterocycles. The van der Waals surface area contributed by atoms with Crippen molar-refractivity contribution in [1.29, 1.82) is 0 Å². The average Bonchev–Trinajstić information content (AvgIpc) is 3.39. The van der Waals surface area contributed by atoms with Crippen LogP contribution in [0.25, 0.3) is 32.3 Å². The minimum Gasteiger partial charge on any atom is -0.254 e. The van der Waals surface area contributed by atoms with Crippen LogP contribution in [0.15, 0.2) is 28.2 Å². The normalized spacial score (nSPS) is 12.7. The smallest absolute Gasteiger partial charge is 0.158 e. The summed E-state index contributed by atoms with van der Waals surface area (Å²) in [4.78, 5) is 14.5. The fourth-order valence-corrected chi connectivity index (χ4v) is 6.56. The maximum Gasteiger partial charge on any atom is 0.158 e. The van der Waals surface area contributed by atoms with E-state index in [1.807, 2.05) is 25.4 Å². The summed E-state index contributed by atoms with van der Waals surface area (Å²) >= 11 is 3.07. The van der Waals surface area contributed by atoms with Crippen LogP contribution in [0.1, 0.15) is 25.3 Å². The van der Waals surface area contributed by atoms with Crippen LogP contribution in [0, 0.1) is 6.92 Å². The van der Waals surface area contributed by atoms with Crippen molar-refractivity contribution in [1.82, 2.24) is 24.7 Å². The van der Waals surface area contributed by atoms with Crippen LogP contribution in [0.4, 0.5) is 0 Å². The number of fused-ring (bicyclic) bond motifs is 1. The van der Waals surface area contributed by atoms with Crippen molar-refractivity contribution >= 4 is 43.7 Å². The minimum absolute atomic E-state index is 0.683. The van der Waals surface area contributed by atoms with Crippen LogP contribution in [0.5, 0.6) is 0 Å². The summed E-state index contributed by atoms with van der Waals surface area (Å²) in [5.74, 6) is 1.45. The van der Waals surface area contributed by atoms with Crippen LogP contribution < -0.4 is 0 Å². The first-order valence-electron chi connectivity index (χ1n) is 8.67.